The van der Waals surface area contributed by atoms with Crippen molar-refractivity contribution in [1.29, 1.82) is 0 Å². The van der Waals surface area contributed by atoms with Gasteiger partial charge in [0.15, 0.2) is 5.82 Å². The molecule has 0 saturated heterocycles. The van der Waals surface area contributed by atoms with E-state index in [1.165, 1.54) is 10.6 Å². The molecule has 118 valence electrons. The zero-order valence-electron chi connectivity index (χ0n) is 12.9. The number of hydrogen-bond donors (Lipinski definition) is 2. The molecule has 0 spiro atoms. The first kappa shape index (κ1) is 14.8. The number of imidazole rings is 1. The summed E-state index contributed by atoms with van der Waals surface area (Å²) >= 11 is 0. The first-order valence-electron chi connectivity index (χ1n) is 7.27. The molecule has 7 nitrogen and oxygen atoms in total. The Bertz CT molecular complexity index is 926. The van der Waals surface area contributed by atoms with E-state index in [0.29, 0.717) is 18.0 Å². The highest BCUT2D eigenvalue weighted by atomic mass is 16.2. The Balaban J connectivity index is 1.93. The molecule has 3 aromatic heterocycles. The number of amides is 2. The van der Waals surface area contributed by atoms with Gasteiger partial charge >= 0.3 is 6.03 Å². The normalized spacial score (nSPS) is 10.7. The summed E-state index contributed by atoms with van der Waals surface area (Å²) in [6.07, 6.45) is 5.39. The standard InChI is InChI=1S/C16H17N5O2/c1-3-17-16(23)19-13-10-21-7-6-11(8-14(21)18-13)12-4-5-15(22)20(2)9-12/h4-10H,3H2,1-2H3,(H2,17,19,23). The molecule has 0 atom stereocenters. The highest BCUT2D eigenvalue weighted by Gasteiger charge is 2.07. The fraction of sp³-hybridized carbons (Fsp3) is 0.188. The predicted molar refractivity (Wildman–Crippen MR) is 88.6 cm³/mol. The molecule has 2 amide bonds. The third-order valence-corrected chi connectivity index (χ3v) is 3.46. The molecule has 0 saturated carbocycles. The number of rotatable bonds is 3. The number of aryl methyl sites for hydroxylation is 1. The summed E-state index contributed by atoms with van der Waals surface area (Å²) in [7, 11) is 1.72. The van der Waals surface area contributed by atoms with Crippen molar-refractivity contribution >= 4 is 17.5 Å². The molecule has 0 radical (unpaired) electrons. The molecular formula is C16H17N5O2. The smallest absolute Gasteiger partial charge is 0.320 e. The van der Waals surface area contributed by atoms with Gasteiger partial charge in [0.1, 0.15) is 5.65 Å². The van der Waals surface area contributed by atoms with Gasteiger partial charge in [-0.15, -0.1) is 0 Å². The van der Waals surface area contributed by atoms with Crippen LogP contribution in [0.15, 0.2) is 47.7 Å². The number of aromatic nitrogens is 3. The maximum Gasteiger partial charge on any atom is 0.320 e. The van der Waals surface area contributed by atoms with Crippen molar-refractivity contribution in [3.05, 3.63) is 53.2 Å². The van der Waals surface area contributed by atoms with Crippen molar-refractivity contribution in [2.75, 3.05) is 11.9 Å². The van der Waals surface area contributed by atoms with Crippen LogP contribution in [0.5, 0.6) is 0 Å². The highest BCUT2D eigenvalue weighted by molar-refractivity contribution is 5.88. The molecule has 3 rings (SSSR count). The number of pyridine rings is 2. The van der Waals surface area contributed by atoms with Crippen LogP contribution in [0.4, 0.5) is 10.6 Å². The van der Waals surface area contributed by atoms with Crippen LogP contribution in [0.2, 0.25) is 0 Å². The Morgan fingerprint density at radius 3 is 2.78 bits per heavy atom. The molecular weight excluding hydrogens is 294 g/mol. The van der Waals surface area contributed by atoms with Crippen LogP contribution >= 0.6 is 0 Å². The summed E-state index contributed by atoms with van der Waals surface area (Å²) in [4.78, 5) is 27.4. The van der Waals surface area contributed by atoms with E-state index < -0.39 is 0 Å². The van der Waals surface area contributed by atoms with Crippen molar-refractivity contribution in [1.82, 2.24) is 19.3 Å². The second kappa shape index (κ2) is 5.96. The number of hydrogen-bond acceptors (Lipinski definition) is 3. The van der Waals surface area contributed by atoms with Gasteiger partial charge in [-0.05, 0) is 36.2 Å². The summed E-state index contributed by atoms with van der Waals surface area (Å²) in [5, 5.41) is 5.34. The van der Waals surface area contributed by atoms with Crippen molar-refractivity contribution in [3.8, 4) is 11.1 Å². The zero-order valence-corrected chi connectivity index (χ0v) is 12.9. The molecule has 0 bridgehead atoms. The van der Waals surface area contributed by atoms with Crippen molar-refractivity contribution in [3.63, 3.8) is 0 Å². The molecule has 3 heterocycles. The Morgan fingerprint density at radius 2 is 2.04 bits per heavy atom. The van der Waals surface area contributed by atoms with Gasteiger partial charge in [-0.2, -0.15) is 0 Å². The van der Waals surface area contributed by atoms with Crippen LogP contribution in [-0.4, -0.2) is 26.5 Å². The lowest BCUT2D eigenvalue weighted by Gasteiger charge is -2.04. The average Bonchev–Trinajstić information content (AvgIpc) is 2.91. The van der Waals surface area contributed by atoms with Gasteiger partial charge < -0.3 is 14.3 Å². The second-order valence-corrected chi connectivity index (χ2v) is 5.16. The van der Waals surface area contributed by atoms with E-state index in [0.717, 1.165) is 11.1 Å². The summed E-state index contributed by atoms with van der Waals surface area (Å²) in [6, 6.07) is 6.87. The Hall–Kier alpha value is -3.09. The topological polar surface area (TPSA) is 80.4 Å². The summed E-state index contributed by atoms with van der Waals surface area (Å²) in [6.45, 7) is 2.40. The minimum Gasteiger partial charge on any atom is -0.338 e. The molecule has 23 heavy (non-hydrogen) atoms. The number of nitrogens with one attached hydrogen (secondary N) is 2. The van der Waals surface area contributed by atoms with E-state index in [1.54, 1.807) is 25.5 Å². The van der Waals surface area contributed by atoms with Crippen LogP contribution in [0.1, 0.15) is 6.92 Å². The fourth-order valence-corrected chi connectivity index (χ4v) is 2.31. The molecule has 2 N–H and O–H groups in total. The molecule has 0 aromatic carbocycles. The van der Waals surface area contributed by atoms with E-state index in [9.17, 15) is 9.59 Å². The molecule has 0 unspecified atom stereocenters. The lowest BCUT2D eigenvalue weighted by Crippen LogP contribution is -2.28. The second-order valence-electron chi connectivity index (χ2n) is 5.16. The third-order valence-electron chi connectivity index (χ3n) is 3.46. The van der Waals surface area contributed by atoms with Crippen molar-refractivity contribution in [2.45, 2.75) is 6.92 Å². The van der Waals surface area contributed by atoms with Gasteiger partial charge in [0.2, 0.25) is 5.56 Å². The minimum atomic E-state index is -0.283. The predicted octanol–water partition coefficient (Wildman–Crippen LogP) is 1.84. The van der Waals surface area contributed by atoms with Gasteiger partial charge in [0.05, 0.1) is 6.20 Å². The first-order chi connectivity index (χ1) is 11.1. The Labute approximate surface area is 132 Å². The monoisotopic (exact) mass is 311 g/mol. The SMILES string of the molecule is CCNC(=O)Nc1cn2ccc(-c3ccc(=O)n(C)c3)cc2n1. The Morgan fingerprint density at radius 1 is 1.22 bits per heavy atom. The largest absolute Gasteiger partial charge is 0.338 e. The van der Waals surface area contributed by atoms with Gasteiger partial charge in [-0.3, -0.25) is 10.1 Å². The van der Waals surface area contributed by atoms with E-state index in [4.69, 9.17) is 0 Å². The molecule has 3 aromatic rings. The molecule has 7 heteroatoms. The van der Waals surface area contributed by atoms with E-state index >= 15 is 0 Å². The van der Waals surface area contributed by atoms with Crippen LogP contribution in [0, 0.1) is 0 Å². The number of carbonyl (C=O) groups excluding carboxylic acids is 1. The first-order valence-corrected chi connectivity index (χ1v) is 7.27. The van der Waals surface area contributed by atoms with Crippen molar-refractivity contribution < 1.29 is 4.79 Å². The average molecular weight is 311 g/mol. The summed E-state index contributed by atoms with van der Waals surface area (Å²) < 4.78 is 3.36. The number of carbonyl (C=O) groups is 1. The lowest BCUT2D eigenvalue weighted by molar-refractivity contribution is 0.252. The van der Waals surface area contributed by atoms with E-state index in [-0.39, 0.29) is 11.6 Å². The zero-order chi connectivity index (χ0) is 16.4. The third kappa shape index (κ3) is 3.08. The molecule has 0 aliphatic rings. The summed E-state index contributed by atoms with van der Waals surface area (Å²) in [5.74, 6) is 0.480. The molecule has 0 aliphatic heterocycles. The van der Waals surface area contributed by atoms with Crippen LogP contribution in [0.25, 0.3) is 16.8 Å². The van der Waals surface area contributed by atoms with Gasteiger partial charge in [0.25, 0.3) is 0 Å². The van der Waals surface area contributed by atoms with Crippen LogP contribution in [0.3, 0.4) is 0 Å². The number of urea groups is 1. The van der Waals surface area contributed by atoms with Crippen LogP contribution in [-0.2, 0) is 7.05 Å². The number of nitrogens with zero attached hydrogens (tertiary/aromatic N) is 3. The van der Waals surface area contributed by atoms with Gasteiger partial charge in [-0.25, -0.2) is 9.78 Å². The highest BCUT2D eigenvalue weighted by Crippen LogP contribution is 2.20. The quantitative estimate of drug-likeness (QED) is 0.774. The number of anilines is 1. The van der Waals surface area contributed by atoms with Crippen LogP contribution < -0.4 is 16.2 Å². The van der Waals surface area contributed by atoms with E-state index in [1.807, 2.05) is 29.7 Å². The fourth-order valence-electron chi connectivity index (χ4n) is 2.31. The molecule has 0 aliphatic carbocycles. The number of fused-ring (bicyclic) bond motifs is 1. The van der Waals surface area contributed by atoms with Gasteiger partial charge in [0, 0.05) is 32.1 Å². The van der Waals surface area contributed by atoms with Crippen molar-refractivity contribution in [2.24, 2.45) is 7.05 Å². The summed E-state index contributed by atoms with van der Waals surface area (Å²) in [5.41, 5.74) is 2.53. The maximum atomic E-state index is 11.5. The van der Waals surface area contributed by atoms with Gasteiger partial charge in [-0.1, -0.05) is 0 Å². The lowest BCUT2D eigenvalue weighted by atomic mass is 10.1. The maximum absolute atomic E-state index is 11.5. The Kier molecular flexibility index (Phi) is 3.84. The minimum absolute atomic E-state index is 0.0518. The molecule has 0 fully saturated rings. The van der Waals surface area contributed by atoms with E-state index in [2.05, 4.69) is 15.6 Å².